The number of rotatable bonds is 5. The van der Waals surface area contributed by atoms with Crippen LogP contribution >= 0.6 is 27.5 Å². The third-order valence-electron chi connectivity index (χ3n) is 2.67. The van der Waals surface area contributed by atoms with E-state index in [1.807, 2.05) is 12.1 Å². The summed E-state index contributed by atoms with van der Waals surface area (Å²) in [5, 5.41) is 4.19. The molecule has 0 saturated carbocycles. The van der Waals surface area contributed by atoms with Crippen LogP contribution in [-0.2, 0) is 0 Å². The lowest BCUT2D eigenvalue weighted by atomic mass is 9.95. The van der Waals surface area contributed by atoms with E-state index in [-0.39, 0.29) is 6.04 Å². The van der Waals surface area contributed by atoms with Crippen LogP contribution in [0.2, 0.25) is 5.02 Å². The van der Waals surface area contributed by atoms with Gasteiger partial charge in [-0.1, -0.05) is 32.4 Å². The summed E-state index contributed by atoms with van der Waals surface area (Å²) in [7, 11) is 1.68. The minimum atomic E-state index is 0.241. The van der Waals surface area contributed by atoms with E-state index in [4.69, 9.17) is 16.3 Å². The number of methoxy groups -OCH3 is 1. The monoisotopic (exact) mass is 319 g/mol. The zero-order chi connectivity index (χ0) is 13.0. The lowest BCUT2D eigenvalue weighted by molar-refractivity contribution is 0.372. The fourth-order valence-corrected chi connectivity index (χ4v) is 2.95. The molecule has 0 bridgehead atoms. The predicted molar refractivity (Wildman–Crippen MR) is 77.0 cm³/mol. The zero-order valence-electron chi connectivity index (χ0n) is 10.7. The number of hydrogen-bond acceptors (Lipinski definition) is 2. The van der Waals surface area contributed by atoms with Gasteiger partial charge in [-0.25, -0.2) is 0 Å². The van der Waals surface area contributed by atoms with Crippen molar-refractivity contribution in [2.24, 2.45) is 5.92 Å². The van der Waals surface area contributed by atoms with Crippen molar-refractivity contribution in [3.05, 3.63) is 27.2 Å². The molecule has 0 heterocycles. The Morgan fingerprint density at radius 2 is 2.06 bits per heavy atom. The Balaban J connectivity index is 3.25. The van der Waals surface area contributed by atoms with Crippen LogP contribution in [0.4, 0.5) is 0 Å². The predicted octanol–water partition coefficient (Wildman–Crippen LogP) is 4.42. The maximum Gasteiger partial charge on any atom is 0.137 e. The summed E-state index contributed by atoms with van der Waals surface area (Å²) >= 11 is 9.60. The first-order valence-electron chi connectivity index (χ1n) is 5.77. The highest BCUT2D eigenvalue weighted by atomic mass is 79.9. The number of benzene rings is 1. The molecule has 0 aromatic heterocycles. The van der Waals surface area contributed by atoms with Gasteiger partial charge in [0.15, 0.2) is 0 Å². The SMILES string of the molecule is CCNC(c1cc(Cl)cc(Br)c1OC)C(C)C. The second-order valence-electron chi connectivity index (χ2n) is 4.29. The average molecular weight is 321 g/mol. The highest BCUT2D eigenvalue weighted by Gasteiger charge is 2.21. The van der Waals surface area contributed by atoms with E-state index in [1.165, 1.54) is 0 Å². The Hall–Kier alpha value is -0.250. The van der Waals surface area contributed by atoms with Gasteiger partial charge in [0.1, 0.15) is 5.75 Å². The summed E-state index contributed by atoms with van der Waals surface area (Å²) in [4.78, 5) is 0. The van der Waals surface area contributed by atoms with Crippen molar-refractivity contribution in [3.63, 3.8) is 0 Å². The van der Waals surface area contributed by atoms with Gasteiger partial charge in [-0.2, -0.15) is 0 Å². The van der Waals surface area contributed by atoms with Gasteiger partial charge in [0.25, 0.3) is 0 Å². The summed E-state index contributed by atoms with van der Waals surface area (Å²) in [5.41, 5.74) is 1.10. The molecule has 1 N–H and O–H groups in total. The smallest absolute Gasteiger partial charge is 0.137 e. The van der Waals surface area contributed by atoms with Crippen LogP contribution in [0.25, 0.3) is 0 Å². The number of halogens is 2. The van der Waals surface area contributed by atoms with Crippen LogP contribution in [0, 0.1) is 5.92 Å². The van der Waals surface area contributed by atoms with Crippen LogP contribution in [0.1, 0.15) is 32.4 Å². The van der Waals surface area contributed by atoms with E-state index in [0.717, 1.165) is 27.4 Å². The third-order valence-corrected chi connectivity index (χ3v) is 3.47. The third kappa shape index (κ3) is 3.60. The zero-order valence-corrected chi connectivity index (χ0v) is 13.0. The topological polar surface area (TPSA) is 21.3 Å². The number of nitrogens with one attached hydrogen (secondary N) is 1. The van der Waals surface area contributed by atoms with Gasteiger partial charge in [-0.3, -0.25) is 0 Å². The fourth-order valence-electron chi connectivity index (χ4n) is 1.95. The van der Waals surface area contributed by atoms with Crippen molar-refractivity contribution >= 4 is 27.5 Å². The lowest BCUT2D eigenvalue weighted by Crippen LogP contribution is -2.26. The largest absolute Gasteiger partial charge is 0.495 e. The molecule has 0 aliphatic rings. The molecule has 4 heteroatoms. The number of ether oxygens (including phenoxy) is 1. The first-order chi connectivity index (χ1) is 8.01. The standard InChI is InChI=1S/C13H19BrClNO/c1-5-16-12(8(2)3)10-6-9(15)7-11(14)13(10)17-4/h6-8,12,16H,5H2,1-4H3. The van der Waals surface area contributed by atoms with Crippen molar-refractivity contribution < 1.29 is 4.74 Å². The van der Waals surface area contributed by atoms with E-state index < -0.39 is 0 Å². The molecule has 1 aromatic carbocycles. The van der Waals surface area contributed by atoms with Gasteiger partial charge < -0.3 is 10.1 Å². The van der Waals surface area contributed by atoms with Gasteiger partial charge in [-0.15, -0.1) is 0 Å². The lowest BCUT2D eigenvalue weighted by Gasteiger charge is -2.25. The van der Waals surface area contributed by atoms with Crippen molar-refractivity contribution in [3.8, 4) is 5.75 Å². The molecular formula is C13H19BrClNO. The van der Waals surface area contributed by atoms with Crippen LogP contribution in [-0.4, -0.2) is 13.7 Å². The maximum absolute atomic E-state index is 6.11. The summed E-state index contributed by atoms with van der Waals surface area (Å²) in [6.07, 6.45) is 0. The van der Waals surface area contributed by atoms with Gasteiger partial charge in [0.2, 0.25) is 0 Å². The Morgan fingerprint density at radius 3 is 2.53 bits per heavy atom. The maximum atomic E-state index is 6.11. The first-order valence-corrected chi connectivity index (χ1v) is 6.94. The van der Waals surface area contributed by atoms with E-state index in [2.05, 4.69) is 42.0 Å². The molecule has 1 atom stereocenters. The number of hydrogen-bond donors (Lipinski definition) is 1. The first kappa shape index (κ1) is 14.8. The summed E-state index contributed by atoms with van der Waals surface area (Å²) in [5.74, 6) is 1.32. The van der Waals surface area contributed by atoms with Crippen LogP contribution in [0.15, 0.2) is 16.6 Å². The Kier molecular flexibility index (Phi) is 5.77. The van der Waals surface area contributed by atoms with Crippen LogP contribution in [0.3, 0.4) is 0 Å². The second kappa shape index (κ2) is 6.62. The molecule has 17 heavy (non-hydrogen) atoms. The molecule has 1 rings (SSSR count). The molecule has 1 aromatic rings. The summed E-state index contributed by atoms with van der Waals surface area (Å²) in [6, 6.07) is 4.07. The molecule has 96 valence electrons. The molecule has 0 aliphatic heterocycles. The van der Waals surface area contributed by atoms with Gasteiger partial charge in [0.05, 0.1) is 11.6 Å². The normalized spacial score (nSPS) is 12.9. The average Bonchev–Trinajstić information content (AvgIpc) is 2.24. The van der Waals surface area contributed by atoms with Crippen molar-refractivity contribution in [2.75, 3.05) is 13.7 Å². The highest BCUT2D eigenvalue weighted by molar-refractivity contribution is 9.10. The minimum Gasteiger partial charge on any atom is -0.495 e. The summed E-state index contributed by atoms with van der Waals surface area (Å²) in [6.45, 7) is 7.38. The molecule has 0 radical (unpaired) electrons. The summed E-state index contributed by atoms with van der Waals surface area (Å²) < 4.78 is 6.36. The minimum absolute atomic E-state index is 0.241. The molecule has 2 nitrogen and oxygen atoms in total. The van der Waals surface area contributed by atoms with Gasteiger partial charge in [0, 0.05) is 16.6 Å². The fraction of sp³-hybridized carbons (Fsp3) is 0.538. The quantitative estimate of drug-likeness (QED) is 0.867. The molecular weight excluding hydrogens is 302 g/mol. The molecule has 0 spiro atoms. The molecule has 0 amide bonds. The van der Waals surface area contributed by atoms with Crippen molar-refractivity contribution in [1.82, 2.24) is 5.32 Å². The van der Waals surface area contributed by atoms with Gasteiger partial charge in [-0.05, 0) is 40.5 Å². The second-order valence-corrected chi connectivity index (χ2v) is 5.58. The Labute approximate surface area is 117 Å². The van der Waals surface area contributed by atoms with Crippen molar-refractivity contribution in [1.29, 1.82) is 0 Å². The Bertz CT molecular complexity index is 382. The molecule has 0 fully saturated rings. The van der Waals surface area contributed by atoms with E-state index in [9.17, 15) is 0 Å². The van der Waals surface area contributed by atoms with E-state index in [1.54, 1.807) is 7.11 Å². The van der Waals surface area contributed by atoms with Crippen LogP contribution < -0.4 is 10.1 Å². The Morgan fingerprint density at radius 1 is 1.41 bits per heavy atom. The highest BCUT2D eigenvalue weighted by Crippen LogP contribution is 2.38. The molecule has 0 aliphatic carbocycles. The van der Waals surface area contributed by atoms with Gasteiger partial charge >= 0.3 is 0 Å². The molecule has 1 unspecified atom stereocenters. The van der Waals surface area contributed by atoms with Crippen LogP contribution in [0.5, 0.6) is 5.75 Å². The van der Waals surface area contributed by atoms with E-state index in [0.29, 0.717) is 5.92 Å². The molecule has 0 saturated heterocycles. The van der Waals surface area contributed by atoms with Crippen molar-refractivity contribution in [2.45, 2.75) is 26.8 Å². The van der Waals surface area contributed by atoms with E-state index >= 15 is 0 Å².